The fourth-order valence-electron chi connectivity index (χ4n) is 5.27. The van der Waals surface area contributed by atoms with Crippen molar-refractivity contribution in [3.8, 4) is 0 Å². The highest BCUT2D eigenvalue weighted by Crippen LogP contribution is 2.24. The molecule has 1 unspecified atom stereocenters. The summed E-state index contributed by atoms with van der Waals surface area (Å²) in [4.78, 5) is 29.5. The van der Waals surface area contributed by atoms with Crippen LogP contribution in [-0.2, 0) is 34.4 Å². The molecule has 4 nitrogen and oxygen atoms in total. The third-order valence-corrected chi connectivity index (χ3v) is 7.94. The number of amides is 2. The Morgan fingerprint density at radius 1 is 0.872 bits per heavy atom. The van der Waals surface area contributed by atoms with Crippen LogP contribution in [0.1, 0.15) is 75.1 Å². The molecular weight excluding hydrogens is 504 g/mol. The number of halogens is 1. The van der Waals surface area contributed by atoms with E-state index in [-0.39, 0.29) is 23.3 Å². The first kappa shape index (κ1) is 28.9. The van der Waals surface area contributed by atoms with Gasteiger partial charge in [0.1, 0.15) is 6.04 Å². The Kier molecular flexibility index (Phi) is 9.85. The topological polar surface area (TPSA) is 49.4 Å². The number of hydrogen-bond donors (Lipinski definition) is 1. The van der Waals surface area contributed by atoms with E-state index in [1.54, 1.807) is 4.90 Å². The number of rotatable bonds is 10. The highest BCUT2D eigenvalue weighted by atomic mass is 35.5. The molecule has 3 aromatic rings. The van der Waals surface area contributed by atoms with Crippen molar-refractivity contribution in [2.45, 2.75) is 89.8 Å². The predicted octanol–water partition coefficient (Wildman–Crippen LogP) is 7.27. The number of carbonyl (C=O) groups is 2. The Morgan fingerprint density at radius 2 is 1.49 bits per heavy atom. The number of carbonyl (C=O) groups excluding carboxylic acids is 2. The van der Waals surface area contributed by atoms with Crippen molar-refractivity contribution in [2.75, 3.05) is 0 Å². The maximum absolute atomic E-state index is 13.9. The molecular formula is C34H41ClN2O2. The average molecular weight is 545 g/mol. The molecule has 4 rings (SSSR count). The van der Waals surface area contributed by atoms with Gasteiger partial charge in [-0.25, -0.2) is 0 Å². The van der Waals surface area contributed by atoms with Gasteiger partial charge in [-0.05, 0) is 59.1 Å². The zero-order valence-corrected chi connectivity index (χ0v) is 24.2. The van der Waals surface area contributed by atoms with Crippen LogP contribution in [0.25, 0.3) is 0 Å². The monoisotopic (exact) mass is 544 g/mol. The maximum atomic E-state index is 13.9. The molecule has 206 valence electrons. The lowest BCUT2D eigenvalue weighted by Crippen LogP contribution is -2.52. The van der Waals surface area contributed by atoms with Gasteiger partial charge in [-0.1, -0.05) is 112 Å². The van der Waals surface area contributed by atoms with Crippen LogP contribution in [0.4, 0.5) is 0 Å². The summed E-state index contributed by atoms with van der Waals surface area (Å²) in [5.74, 6) is -0.0880. The lowest BCUT2D eigenvalue weighted by atomic mass is 9.86. The van der Waals surface area contributed by atoms with E-state index in [0.29, 0.717) is 30.8 Å². The number of nitrogens with one attached hydrogen (secondary N) is 1. The van der Waals surface area contributed by atoms with Crippen molar-refractivity contribution < 1.29 is 9.59 Å². The van der Waals surface area contributed by atoms with Crippen LogP contribution in [0.2, 0.25) is 5.02 Å². The first-order valence-corrected chi connectivity index (χ1v) is 14.5. The zero-order valence-electron chi connectivity index (χ0n) is 23.5. The fourth-order valence-corrected chi connectivity index (χ4v) is 5.40. The number of hydrogen-bond acceptors (Lipinski definition) is 2. The Hall–Kier alpha value is -3.11. The Balaban J connectivity index is 1.58. The van der Waals surface area contributed by atoms with Gasteiger partial charge < -0.3 is 10.2 Å². The summed E-state index contributed by atoms with van der Waals surface area (Å²) in [6.45, 7) is 6.95. The molecule has 0 aromatic heterocycles. The Bertz CT molecular complexity index is 1210. The molecule has 5 heteroatoms. The third kappa shape index (κ3) is 8.44. The highest BCUT2D eigenvalue weighted by molar-refractivity contribution is 6.30. The normalized spacial score (nSPS) is 14.7. The molecule has 1 atom stereocenters. The summed E-state index contributed by atoms with van der Waals surface area (Å²) in [6, 6.07) is 25.6. The molecule has 0 heterocycles. The van der Waals surface area contributed by atoms with E-state index in [4.69, 9.17) is 11.6 Å². The first-order chi connectivity index (χ1) is 18.7. The van der Waals surface area contributed by atoms with Crippen molar-refractivity contribution >= 4 is 23.4 Å². The zero-order chi connectivity index (χ0) is 27.8. The van der Waals surface area contributed by atoms with Gasteiger partial charge in [-0.15, -0.1) is 0 Å². The lowest BCUT2D eigenvalue weighted by molar-refractivity contribution is -0.141. The van der Waals surface area contributed by atoms with Crippen molar-refractivity contribution in [3.05, 3.63) is 106 Å². The van der Waals surface area contributed by atoms with Gasteiger partial charge in [-0.2, -0.15) is 0 Å². The Morgan fingerprint density at radius 3 is 2.10 bits per heavy atom. The summed E-state index contributed by atoms with van der Waals surface area (Å²) in [7, 11) is 0. The number of nitrogens with zero attached hydrogens (tertiary/aromatic N) is 1. The van der Waals surface area contributed by atoms with Gasteiger partial charge in [0.15, 0.2) is 0 Å². The SMILES string of the molecule is CC(C)(C)c1ccc(CCC(=O)N(Cc2ccc(Cl)cc2)C(Cc2ccccc2)C(=O)NC2CCCC2)cc1. The van der Waals surface area contributed by atoms with Crippen LogP contribution in [-0.4, -0.2) is 28.8 Å². The van der Waals surface area contributed by atoms with Crippen LogP contribution in [0.3, 0.4) is 0 Å². The van der Waals surface area contributed by atoms with Crippen LogP contribution < -0.4 is 5.32 Å². The van der Waals surface area contributed by atoms with Crippen LogP contribution >= 0.6 is 11.6 Å². The van der Waals surface area contributed by atoms with Gasteiger partial charge in [0.2, 0.25) is 11.8 Å². The van der Waals surface area contributed by atoms with E-state index in [1.807, 2.05) is 54.6 Å². The largest absolute Gasteiger partial charge is 0.352 e. The quantitative estimate of drug-likeness (QED) is 0.292. The minimum absolute atomic E-state index is 0.0210. The summed E-state index contributed by atoms with van der Waals surface area (Å²) in [6.07, 6.45) is 5.70. The van der Waals surface area contributed by atoms with Gasteiger partial charge in [0.05, 0.1) is 0 Å². The van der Waals surface area contributed by atoms with Gasteiger partial charge in [0, 0.05) is 30.5 Å². The second kappa shape index (κ2) is 13.3. The molecule has 1 aliphatic rings. The summed E-state index contributed by atoms with van der Waals surface area (Å²) in [5, 5.41) is 3.92. The summed E-state index contributed by atoms with van der Waals surface area (Å²) in [5.41, 5.74) is 4.47. The van der Waals surface area contributed by atoms with Crippen molar-refractivity contribution in [1.29, 1.82) is 0 Å². The number of aryl methyl sites for hydroxylation is 1. The van der Waals surface area contributed by atoms with Crippen molar-refractivity contribution in [1.82, 2.24) is 10.2 Å². The predicted molar refractivity (Wildman–Crippen MR) is 160 cm³/mol. The molecule has 1 N–H and O–H groups in total. The van der Waals surface area contributed by atoms with E-state index in [1.165, 1.54) is 5.56 Å². The number of benzene rings is 3. The van der Waals surface area contributed by atoms with Crippen LogP contribution in [0, 0.1) is 0 Å². The molecule has 0 aliphatic heterocycles. The Labute approximate surface area is 238 Å². The standard InChI is InChI=1S/C34H41ClN2O2/c1-34(2,3)28-18-13-25(14-19-28)17-22-32(38)37(24-27-15-20-29(35)21-16-27)31(23-26-9-5-4-6-10-26)33(39)36-30-11-7-8-12-30/h4-6,9-10,13-16,18-21,30-31H,7-8,11-12,17,22-24H2,1-3H3,(H,36,39). The first-order valence-electron chi connectivity index (χ1n) is 14.2. The maximum Gasteiger partial charge on any atom is 0.243 e. The van der Waals surface area contributed by atoms with Crippen LogP contribution in [0.15, 0.2) is 78.9 Å². The fraction of sp³-hybridized carbons (Fsp3) is 0.412. The molecule has 39 heavy (non-hydrogen) atoms. The molecule has 0 saturated heterocycles. The van der Waals surface area contributed by atoms with Gasteiger partial charge >= 0.3 is 0 Å². The molecule has 0 spiro atoms. The summed E-state index contributed by atoms with van der Waals surface area (Å²) >= 11 is 6.14. The van der Waals surface area contributed by atoms with E-state index in [0.717, 1.165) is 42.4 Å². The third-order valence-electron chi connectivity index (χ3n) is 7.69. The molecule has 0 radical (unpaired) electrons. The van der Waals surface area contributed by atoms with Crippen LogP contribution in [0.5, 0.6) is 0 Å². The molecule has 3 aromatic carbocycles. The molecule has 1 fully saturated rings. The van der Waals surface area contributed by atoms with Gasteiger partial charge in [-0.3, -0.25) is 9.59 Å². The molecule has 2 amide bonds. The molecule has 1 aliphatic carbocycles. The average Bonchev–Trinajstić information content (AvgIpc) is 3.43. The van der Waals surface area contributed by atoms with Crippen molar-refractivity contribution in [3.63, 3.8) is 0 Å². The van der Waals surface area contributed by atoms with Gasteiger partial charge in [0.25, 0.3) is 0 Å². The highest BCUT2D eigenvalue weighted by Gasteiger charge is 2.32. The molecule has 0 bridgehead atoms. The van der Waals surface area contributed by atoms with E-state index >= 15 is 0 Å². The minimum Gasteiger partial charge on any atom is -0.352 e. The minimum atomic E-state index is -0.598. The summed E-state index contributed by atoms with van der Waals surface area (Å²) < 4.78 is 0. The van der Waals surface area contributed by atoms with E-state index < -0.39 is 6.04 Å². The van der Waals surface area contributed by atoms with Crippen molar-refractivity contribution in [2.24, 2.45) is 0 Å². The second-order valence-corrected chi connectivity index (χ2v) is 12.2. The molecule has 1 saturated carbocycles. The smallest absolute Gasteiger partial charge is 0.243 e. The van der Waals surface area contributed by atoms with E-state index in [2.05, 4.69) is 50.4 Å². The lowest BCUT2D eigenvalue weighted by Gasteiger charge is -2.32. The van der Waals surface area contributed by atoms with E-state index in [9.17, 15) is 9.59 Å². The second-order valence-electron chi connectivity index (χ2n) is 11.8.